The predicted molar refractivity (Wildman–Crippen MR) is 111 cm³/mol. The molecule has 0 unspecified atom stereocenters. The molecule has 0 heterocycles. The van der Waals surface area contributed by atoms with E-state index in [4.69, 9.17) is 9.84 Å². The van der Waals surface area contributed by atoms with Gasteiger partial charge in [-0.25, -0.2) is 9.59 Å². The van der Waals surface area contributed by atoms with Crippen LogP contribution in [0, 0.1) is 11.8 Å². The summed E-state index contributed by atoms with van der Waals surface area (Å²) in [4.78, 5) is 25.2. The fraction of sp³-hybridized carbons (Fsp3) is 0.333. The summed E-state index contributed by atoms with van der Waals surface area (Å²) >= 11 is 0. The second-order valence-corrected chi connectivity index (χ2v) is 8.17. The molecule has 2 aromatic carbocycles. The highest BCUT2D eigenvalue weighted by Crippen LogP contribution is 2.30. The lowest BCUT2D eigenvalue weighted by Gasteiger charge is -2.27. The number of aromatic carboxylic acids is 1. The Morgan fingerprint density at radius 3 is 1.97 bits per heavy atom. The van der Waals surface area contributed by atoms with Crippen LogP contribution in [0.15, 0.2) is 48.5 Å². The van der Waals surface area contributed by atoms with Crippen molar-refractivity contribution in [2.45, 2.75) is 51.8 Å². The van der Waals surface area contributed by atoms with Gasteiger partial charge in [0.1, 0.15) is 5.60 Å². The molecule has 1 aliphatic rings. The zero-order valence-electron chi connectivity index (χ0n) is 16.9. The zero-order chi connectivity index (χ0) is 21.0. The number of carboxylic acid groups (broad SMARTS) is 1. The van der Waals surface area contributed by atoms with Gasteiger partial charge in [-0.1, -0.05) is 24.0 Å². The summed E-state index contributed by atoms with van der Waals surface area (Å²) in [6.45, 7) is 6.14. The van der Waals surface area contributed by atoms with Crippen molar-refractivity contribution in [1.82, 2.24) is 4.90 Å². The Kier molecular flexibility index (Phi) is 5.93. The molecule has 0 spiro atoms. The standard InChI is InChI=1S/C24H25NO4/c1-24(2,3)29-23(28)25(21-14-15-21)16-19-8-6-17(7-9-19)4-5-18-10-12-20(13-11-18)22(26)27/h6-13,21H,14-16H2,1-3H3,(H,26,27). The summed E-state index contributed by atoms with van der Waals surface area (Å²) in [5.74, 6) is 5.16. The molecule has 1 amide bonds. The van der Waals surface area contributed by atoms with Crippen molar-refractivity contribution < 1.29 is 19.4 Å². The van der Waals surface area contributed by atoms with Crippen LogP contribution in [0.5, 0.6) is 0 Å². The molecule has 0 aliphatic heterocycles. The minimum absolute atomic E-state index is 0.241. The maximum atomic E-state index is 12.5. The summed E-state index contributed by atoms with van der Waals surface area (Å²) in [7, 11) is 0. The average molecular weight is 391 g/mol. The Morgan fingerprint density at radius 1 is 1.00 bits per heavy atom. The van der Waals surface area contributed by atoms with E-state index >= 15 is 0 Å². The first-order valence-electron chi connectivity index (χ1n) is 9.65. The number of nitrogens with zero attached hydrogens (tertiary/aromatic N) is 1. The van der Waals surface area contributed by atoms with Gasteiger partial charge in [0.15, 0.2) is 0 Å². The molecule has 150 valence electrons. The number of carbonyl (C=O) groups is 2. The monoisotopic (exact) mass is 391 g/mol. The third kappa shape index (κ3) is 6.11. The topological polar surface area (TPSA) is 66.8 Å². The van der Waals surface area contributed by atoms with Crippen molar-refractivity contribution in [2.75, 3.05) is 0 Å². The number of ether oxygens (including phenoxy) is 1. The molecule has 3 rings (SSSR count). The Balaban J connectivity index is 1.65. The molecular weight excluding hydrogens is 366 g/mol. The van der Waals surface area contributed by atoms with Gasteiger partial charge < -0.3 is 14.7 Å². The van der Waals surface area contributed by atoms with Crippen molar-refractivity contribution in [1.29, 1.82) is 0 Å². The maximum Gasteiger partial charge on any atom is 0.410 e. The lowest BCUT2D eigenvalue weighted by Crippen LogP contribution is -2.37. The van der Waals surface area contributed by atoms with Gasteiger partial charge in [0.25, 0.3) is 0 Å². The number of carbonyl (C=O) groups excluding carboxylic acids is 1. The van der Waals surface area contributed by atoms with Crippen LogP contribution in [-0.4, -0.2) is 33.7 Å². The van der Waals surface area contributed by atoms with Crippen molar-refractivity contribution in [3.8, 4) is 11.8 Å². The largest absolute Gasteiger partial charge is 0.478 e. The highest BCUT2D eigenvalue weighted by molar-refractivity contribution is 5.87. The fourth-order valence-corrected chi connectivity index (χ4v) is 2.78. The molecule has 5 heteroatoms. The first-order chi connectivity index (χ1) is 13.7. The normalized spacial score (nSPS) is 13.2. The average Bonchev–Trinajstić information content (AvgIpc) is 3.49. The van der Waals surface area contributed by atoms with E-state index in [1.807, 2.05) is 45.0 Å². The molecule has 1 aliphatic carbocycles. The van der Waals surface area contributed by atoms with Crippen LogP contribution in [0.3, 0.4) is 0 Å². The molecule has 29 heavy (non-hydrogen) atoms. The molecule has 1 saturated carbocycles. The number of hydrogen-bond donors (Lipinski definition) is 1. The molecule has 0 atom stereocenters. The van der Waals surface area contributed by atoms with Gasteiger partial charge in [-0.2, -0.15) is 0 Å². The Bertz CT molecular complexity index is 940. The molecule has 0 saturated heterocycles. The fourth-order valence-electron chi connectivity index (χ4n) is 2.78. The van der Waals surface area contributed by atoms with Crippen molar-refractivity contribution in [2.24, 2.45) is 0 Å². The summed E-state index contributed by atoms with van der Waals surface area (Å²) in [5.41, 5.74) is 2.37. The SMILES string of the molecule is CC(C)(C)OC(=O)N(Cc1ccc(C#Cc2ccc(C(=O)O)cc2)cc1)C1CC1. The quantitative estimate of drug-likeness (QED) is 0.768. The molecule has 0 aromatic heterocycles. The van der Waals surface area contributed by atoms with Crippen LogP contribution in [0.1, 0.15) is 60.7 Å². The van der Waals surface area contributed by atoms with E-state index in [9.17, 15) is 9.59 Å². The summed E-state index contributed by atoms with van der Waals surface area (Å²) < 4.78 is 5.54. The van der Waals surface area contributed by atoms with Gasteiger partial charge in [-0.15, -0.1) is 0 Å². The second kappa shape index (κ2) is 8.40. The zero-order valence-corrected chi connectivity index (χ0v) is 16.9. The Morgan fingerprint density at radius 2 is 1.52 bits per heavy atom. The molecule has 1 fully saturated rings. The van der Waals surface area contributed by atoms with E-state index in [0.717, 1.165) is 29.5 Å². The van der Waals surface area contributed by atoms with E-state index in [-0.39, 0.29) is 17.7 Å². The highest BCUT2D eigenvalue weighted by atomic mass is 16.6. The molecule has 1 N–H and O–H groups in total. The summed E-state index contributed by atoms with van der Waals surface area (Å²) in [5, 5.41) is 8.93. The Labute approximate surface area is 171 Å². The Hall–Kier alpha value is -3.26. The first-order valence-corrected chi connectivity index (χ1v) is 9.65. The molecule has 0 radical (unpaired) electrons. The number of benzene rings is 2. The van der Waals surface area contributed by atoms with Crippen molar-refractivity contribution >= 4 is 12.1 Å². The van der Waals surface area contributed by atoms with Gasteiger partial charge in [0.2, 0.25) is 0 Å². The van der Waals surface area contributed by atoms with Crippen LogP contribution in [0.4, 0.5) is 4.79 Å². The van der Waals surface area contributed by atoms with Crippen molar-refractivity contribution in [3.05, 3.63) is 70.8 Å². The van der Waals surface area contributed by atoms with Gasteiger partial charge in [0.05, 0.1) is 5.56 Å². The van der Waals surface area contributed by atoms with E-state index in [2.05, 4.69) is 11.8 Å². The second-order valence-electron chi connectivity index (χ2n) is 8.17. The number of amides is 1. The smallest absolute Gasteiger partial charge is 0.410 e. The minimum atomic E-state index is -0.952. The lowest BCUT2D eigenvalue weighted by molar-refractivity contribution is 0.0216. The van der Waals surface area contributed by atoms with Gasteiger partial charge >= 0.3 is 12.1 Å². The van der Waals surface area contributed by atoms with E-state index in [1.165, 1.54) is 0 Å². The number of rotatable bonds is 4. The van der Waals surface area contributed by atoms with Gasteiger partial charge in [-0.3, -0.25) is 0 Å². The van der Waals surface area contributed by atoms with E-state index < -0.39 is 11.6 Å². The van der Waals surface area contributed by atoms with Crippen molar-refractivity contribution in [3.63, 3.8) is 0 Å². The predicted octanol–water partition coefficient (Wildman–Crippen LogP) is 4.68. The van der Waals surface area contributed by atoms with E-state index in [1.54, 1.807) is 29.2 Å². The number of hydrogen-bond acceptors (Lipinski definition) is 3. The highest BCUT2D eigenvalue weighted by Gasteiger charge is 2.35. The number of carboxylic acids is 1. The summed E-state index contributed by atoms with van der Waals surface area (Å²) in [6, 6.07) is 14.5. The third-order valence-electron chi connectivity index (χ3n) is 4.41. The van der Waals surface area contributed by atoms with Gasteiger partial charge in [0, 0.05) is 23.7 Å². The lowest BCUT2D eigenvalue weighted by atomic mass is 10.1. The van der Waals surface area contributed by atoms with Crippen LogP contribution >= 0.6 is 0 Å². The van der Waals surface area contributed by atoms with E-state index in [0.29, 0.717) is 6.54 Å². The maximum absolute atomic E-state index is 12.5. The molecule has 0 bridgehead atoms. The van der Waals surface area contributed by atoms with Crippen LogP contribution in [0.2, 0.25) is 0 Å². The minimum Gasteiger partial charge on any atom is -0.478 e. The third-order valence-corrected chi connectivity index (χ3v) is 4.41. The van der Waals surface area contributed by atoms with Crippen LogP contribution in [-0.2, 0) is 11.3 Å². The summed E-state index contributed by atoms with van der Waals surface area (Å²) in [6.07, 6.45) is 1.76. The van der Waals surface area contributed by atoms with Crippen LogP contribution in [0.25, 0.3) is 0 Å². The van der Waals surface area contributed by atoms with Gasteiger partial charge in [-0.05, 0) is 75.6 Å². The molecule has 2 aromatic rings. The molecule has 5 nitrogen and oxygen atoms in total. The molecular formula is C24H25NO4. The first kappa shape index (κ1) is 20.5. The van der Waals surface area contributed by atoms with Crippen LogP contribution < -0.4 is 0 Å².